The van der Waals surface area contributed by atoms with Crippen LogP contribution in [0.25, 0.3) is 0 Å². The predicted molar refractivity (Wildman–Crippen MR) is 73.1 cm³/mol. The van der Waals surface area contributed by atoms with Gasteiger partial charge in [-0.15, -0.1) is 0 Å². The van der Waals surface area contributed by atoms with Crippen molar-refractivity contribution in [3.8, 4) is 5.75 Å². The van der Waals surface area contributed by atoms with E-state index in [0.717, 1.165) is 17.1 Å². The lowest BCUT2D eigenvalue weighted by Gasteiger charge is -2.13. The highest BCUT2D eigenvalue weighted by Gasteiger charge is 2.09. The molecule has 4 nitrogen and oxygen atoms in total. The molecule has 0 radical (unpaired) electrons. The molecule has 0 amide bonds. The number of rotatable bonds is 7. The molecule has 0 aliphatic heterocycles. The number of methoxy groups -OCH3 is 1. The zero-order valence-electron chi connectivity index (χ0n) is 11.0. The monoisotopic (exact) mass is 261 g/mol. The first-order valence-corrected chi connectivity index (χ1v) is 6.32. The molecule has 1 aromatic heterocycles. The van der Waals surface area contributed by atoms with E-state index in [-0.39, 0.29) is 0 Å². The summed E-state index contributed by atoms with van der Waals surface area (Å²) in [6.45, 7) is 1.13. The Kier molecular flexibility index (Phi) is 5.01. The highest BCUT2D eigenvalue weighted by Crippen LogP contribution is 2.18. The number of aliphatic hydroxyl groups excluding tert-OH is 1. The van der Waals surface area contributed by atoms with E-state index in [4.69, 9.17) is 9.15 Å². The molecular weight excluding hydrogens is 242 g/mol. The average Bonchev–Trinajstić information content (AvgIpc) is 2.92. The van der Waals surface area contributed by atoms with Crippen LogP contribution in [0.5, 0.6) is 5.75 Å². The van der Waals surface area contributed by atoms with Gasteiger partial charge in [-0.2, -0.15) is 0 Å². The lowest BCUT2D eigenvalue weighted by molar-refractivity contribution is 0.169. The maximum Gasteiger partial charge on any atom is 0.122 e. The van der Waals surface area contributed by atoms with Gasteiger partial charge in [-0.3, -0.25) is 0 Å². The lowest BCUT2D eigenvalue weighted by Crippen LogP contribution is -2.28. The van der Waals surface area contributed by atoms with Gasteiger partial charge in [0.15, 0.2) is 0 Å². The summed E-state index contributed by atoms with van der Waals surface area (Å²) in [7, 11) is 1.64. The number of para-hydroxylation sites is 1. The fourth-order valence-corrected chi connectivity index (χ4v) is 1.97. The number of hydrogen-bond acceptors (Lipinski definition) is 4. The second-order valence-corrected chi connectivity index (χ2v) is 4.38. The molecule has 0 spiro atoms. The molecule has 0 fully saturated rings. The van der Waals surface area contributed by atoms with Crippen molar-refractivity contribution in [3.63, 3.8) is 0 Å². The van der Waals surface area contributed by atoms with Crippen molar-refractivity contribution in [2.75, 3.05) is 13.7 Å². The summed E-state index contributed by atoms with van der Waals surface area (Å²) < 4.78 is 10.5. The number of furan rings is 1. The summed E-state index contributed by atoms with van der Waals surface area (Å²) in [5.74, 6) is 1.68. The van der Waals surface area contributed by atoms with Crippen LogP contribution in [0.4, 0.5) is 0 Å². The van der Waals surface area contributed by atoms with E-state index in [2.05, 4.69) is 5.32 Å². The van der Waals surface area contributed by atoms with Crippen molar-refractivity contribution in [1.29, 1.82) is 0 Å². The molecule has 4 heteroatoms. The number of aliphatic hydroxyl groups is 1. The van der Waals surface area contributed by atoms with Crippen molar-refractivity contribution in [1.82, 2.24) is 5.32 Å². The molecule has 19 heavy (non-hydrogen) atoms. The standard InChI is InChI=1S/C15H19NO3/c1-18-15-7-3-2-5-12(15)9-13(17)10-16-11-14-6-4-8-19-14/h2-8,13,16-17H,9-11H2,1H3/t13-/m0/s1. The van der Waals surface area contributed by atoms with Crippen molar-refractivity contribution >= 4 is 0 Å². The van der Waals surface area contributed by atoms with Crippen LogP contribution in [0, 0.1) is 0 Å². The van der Waals surface area contributed by atoms with Crippen LogP contribution in [0.15, 0.2) is 47.1 Å². The molecular formula is C15H19NO3. The number of ether oxygens (including phenoxy) is 1. The zero-order valence-corrected chi connectivity index (χ0v) is 11.0. The zero-order chi connectivity index (χ0) is 13.5. The van der Waals surface area contributed by atoms with Gasteiger partial charge in [0, 0.05) is 13.0 Å². The summed E-state index contributed by atoms with van der Waals surface area (Å²) in [5, 5.41) is 13.2. The van der Waals surface area contributed by atoms with Gasteiger partial charge in [0.1, 0.15) is 11.5 Å². The molecule has 102 valence electrons. The molecule has 0 aliphatic rings. The third-order valence-corrected chi connectivity index (χ3v) is 2.91. The number of hydrogen-bond donors (Lipinski definition) is 2. The summed E-state index contributed by atoms with van der Waals surface area (Å²) in [6, 6.07) is 11.5. The maximum absolute atomic E-state index is 10.0. The Morgan fingerprint density at radius 1 is 1.26 bits per heavy atom. The van der Waals surface area contributed by atoms with Gasteiger partial charge in [-0.05, 0) is 23.8 Å². The molecule has 1 atom stereocenters. The first-order valence-electron chi connectivity index (χ1n) is 6.32. The van der Waals surface area contributed by atoms with E-state index in [9.17, 15) is 5.11 Å². The van der Waals surface area contributed by atoms with E-state index in [1.54, 1.807) is 13.4 Å². The summed E-state index contributed by atoms with van der Waals surface area (Å²) >= 11 is 0. The number of benzene rings is 1. The minimum atomic E-state index is -0.453. The summed E-state index contributed by atoms with van der Waals surface area (Å²) in [6.07, 6.45) is 1.75. The third-order valence-electron chi connectivity index (χ3n) is 2.91. The largest absolute Gasteiger partial charge is 0.496 e. The van der Waals surface area contributed by atoms with Gasteiger partial charge < -0.3 is 19.6 Å². The quantitative estimate of drug-likeness (QED) is 0.800. The van der Waals surface area contributed by atoms with E-state index in [1.165, 1.54) is 0 Å². The molecule has 0 unspecified atom stereocenters. The van der Waals surface area contributed by atoms with Crippen molar-refractivity contribution in [3.05, 3.63) is 54.0 Å². The van der Waals surface area contributed by atoms with Crippen LogP contribution in [-0.4, -0.2) is 24.9 Å². The third kappa shape index (κ3) is 4.12. The van der Waals surface area contributed by atoms with Gasteiger partial charge in [-0.1, -0.05) is 18.2 Å². The van der Waals surface area contributed by atoms with Crippen molar-refractivity contribution < 1.29 is 14.3 Å². The van der Waals surface area contributed by atoms with Crippen LogP contribution in [0.3, 0.4) is 0 Å². The minimum Gasteiger partial charge on any atom is -0.496 e. The summed E-state index contributed by atoms with van der Waals surface area (Å²) in [5.41, 5.74) is 1.01. The van der Waals surface area contributed by atoms with Crippen molar-refractivity contribution in [2.45, 2.75) is 19.1 Å². The van der Waals surface area contributed by atoms with Gasteiger partial charge in [0.05, 0.1) is 26.0 Å². The highest BCUT2D eigenvalue weighted by molar-refractivity contribution is 5.33. The Hall–Kier alpha value is -1.78. The number of nitrogens with one attached hydrogen (secondary N) is 1. The average molecular weight is 261 g/mol. The smallest absolute Gasteiger partial charge is 0.122 e. The SMILES string of the molecule is COc1ccccc1C[C@H](O)CNCc1ccco1. The molecule has 0 saturated carbocycles. The normalized spacial score (nSPS) is 12.3. The molecule has 0 saturated heterocycles. The Morgan fingerprint density at radius 2 is 2.11 bits per heavy atom. The van der Waals surface area contributed by atoms with Crippen LogP contribution >= 0.6 is 0 Å². The Morgan fingerprint density at radius 3 is 2.84 bits per heavy atom. The predicted octanol–water partition coefficient (Wildman–Crippen LogP) is 1.98. The molecule has 1 aromatic carbocycles. The molecule has 2 aromatic rings. The first-order chi connectivity index (χ1) is 9.29. The molecule has 2 rings (SSSR count). The van der Waals surface area contributed by atoms with Gasteiger partial charge in [0.25, 0.3) is 0 Å². The topological polar surface area (TPSA) is 54.6 Å². The van der Waals surface area contributed by atoms with Crippen LogP contribution < -0.4 is 10.1 Å². The Labute approximate surface area is 113 Å². The molecule has 0 bridgehead atoms. The molecule has 0 aliphatic carbocycles. The second kappa shape index (κ2) is 6.97. The molecule has 1 heterocycles. The Balaban J connectivity index is 1.79. The van der Waals surface area contributed by atoms with Crippen LogP contribution in [-0.2, 0) is 13.0 Å². The van der Waals surface area contributed by atoms with E-state index in [1.807, 2.05) is 36.4 Å². The lowest BCUT2D eigenvalue weighted by atomic mass is 10.1. The Bertz CT molecular complexity index is 482. The maximum atomic E-state index is 10.0. The fourth-order valence-electron chi connectivity index (χ4n) is 1.97. The van der Waals surface area contributed by atoms with E-state index < -0.39 is 6.10 Å². The first kappa shape index (κ1) is 13.6. The van der Waals surface area contributed by atoms with Crippen molar-refractivity contribution in [2.24, 2.45) is 0 Å². The van der Waals surface area contributed by atoms with Gasteiger partial charge >= 0.3 is 0 Å². The summed E-state index contributed by atoms with van der Waals surface area (Å²) in [4.78, 5) is 0. The van der Waals surface area contributed by atoms with Gasteiger partial charge in [-0.25, -0.2) is 0 Å². The van der Waals surface area contributed by atoms with E-state index >= 15 is 0 Å². The van der Waals surface area contributed by atoms with Gasteiger partial charge in [0.2, 0.25) is 0 Å². The van der Waals surface area contributed by atoms with E-state index in [0.29, 0.717) is 19.5 Å². The van der Waals surface area contributed by atoms with Crippen LogP contribution in [0.2, 0.25) is 0 Å². The molecule has 2 N–H and O–H groups in total. The second-order valence-electron chi connectivity index (χ2n) is 4.38. The highest BCUT2D eigenvalue weighted by atomic mass is 16.5. The fraction of sp³-hybridized carbons (Fsp3) is 0.333. The minimum absolute atomic E-state index is 0.453. The van der Waals surface area contributed by atoms with Crippen LogP contribution in [0.1, 0.15) is 11.3 Å².